The van der Waals surface area contributed by atoms with Crippen LogP contribution in [0.1, 0.15) is 31.7 Å². The number of hydrogen-bond acceptors (Lipinski definition) is 3. The van der Waals surface area contributed by atoms with E-state index in [4.69, 9.17) is 5.11 Å². The van der Waals surface area contributed by atoms with Crippen LogP contribution in [0.15, 0.2) is 30.3 Å². The highest BCUT2D eigenvalue weighted by molar-refractivity contribution is 7.66. The van der Waals surface area contributed by atoms with Gasteiger partial charge in [0.15, 0.2) is 0 Å². The lowest BCUT2D eigenvalue weighted by Crippen LogP contribution is -2.37. The summed E-state index contributed by atoms with van der Waals surface area (Å²) in [6.45, 7) is 1.42. The van der Waals surface area contributed by atoms with Gasteiger partial charge in [0.2, 0.25) is 0 Å². The van der Waals surface area contributed by atoms with E-state index in [0.29, 0.717) is 12.8 Å². The van der Waals surface area contributed by atoms with Crippen molar-refractivity contribution in [1.29, 1.82) is 0 Å². The Morgan fingerprint density at radius 2 is 1.81 bits per heavy atom. The number of benzene rings is 1. The van der Waals surface area contributed by atoms with Crippen LogP contribution in [0.5, 0.6) is 0 Å². The van der Waals surface area contributed by atoms with E-state index < -0.39 is 23.8 Å². The smallest absolute Gasteiger partial charge is 0.314 e. The van der Waals surface area contributed by atoms with Crippen molar-refractivity contribution < 1.29 is 24.0 Å². The van der Waals surface area contributed by atoms with Gasteiger partial charge in [0, 0.05) is 0 Å². The van der Waals surface area contributed by atoms with E-state index in [-0.39, 0.29) is 22.5 Å². The average molecular weight is 310 g/mol. The SMILES string of the molecule is CC(CCCc1ccccc1)(C(=O)O)C(CC(=O)O)=S=O. The Hall–Kier alpha value is -1.95. The Labute approximate surface area is 126 Å². The first-order valence-electron chi connectivity index (χ1n) is 6.55. The summed E-state index contributed by atoms with van der Waals surface area (Å²) < 4.78 is 11.1. The second kappa shape index (κ2) is 7.73. The molecule has 0 aliphatic heterocycles. The van der Waals surface area contributed by atoms with Crippen molar-refractivity contribution >= 4 is 28.1 Å². The standard InChI is InChI=1S/C15H18O5S/c1-15(14(18)19,12(21-20)10-13(16)17)9-5-8-11-6-3-2-4-7-11/h2-4,6-7H,5,8-10H2,1H3,(H,16,17)(H,18,19). The lowest BCUT2D eigenvalue weighted by molar-refractivity contribution is -0.144. The van der Waals surface area contributed by atoms with Crippen LogP contribution < -0.4 is 0 Å². The van der Waals surface area contributed by atoms with Crippen molar-refractivity contribution in [3.8, 4) is 0 Å². The number of rotatable bonds is 8. The van der Waals surface area contributed by atoms with Crippen LogP contribution >= 0.6 is 0 Å². The first kappa shape index (κ1) is 17.1. The summed E-state index contributed by atoms with van der Waals surface area (Å²) in [5.41, 5.74) is -0.334. The van der Waals surface area contributed by atoms with E-state index in [9.17, 15) is 18.9 Å². The van der Waals surface area contributed by atoms with Crippen LogP contribution in [0.3, 0.4) is 0 Å². The van der Waals surface area contributed by atoms with Gasteiger partial charge in [-0.2, -0.15) is 0 Å². The molecule has 0 fully saturated rings. The predicted molar refractivity (Wildman–Crippen MR) is 80.5 cm³/mol. The molecule has 6 heteroatoms. The fraction of sp³-hybridized carbons (Fsp3) is 0.400. The zero-order chi connectivity index (χ0) is 15.9. The van der Waals surface area contributed by atoms with Gasteiger partial charge in [-0.3, -0.25) is 9.59 Å². The molecule has 0 saturated heterocycles. The highest BCUT2D eigenvalue weighted by Gasteiger charge is 2.38. The zero-order valence-corrected chi connectivity index (χ0v) is 12.6. The molecule has 0 heterocycles. The van der Waals surface area contributed by atoms with Gasteiger partial charge in [0.25, 0.3) is 0 Å². The summed E-state index contributed by atoms with van der Waals surface area (Å²) in [6, 6.07) is 9.60. The molecular weight excluding hydrogens is 292 g/mol. The lowest BCUT2D eigenvalue weighted by atomic mass is 9.80. The monoisotopic (exact) mass is 310 g/mol. The van der Waals surface area contributed by atoms with E-state index >= 15 is 0 Å². The van der Waals surface area contributed by atoms with Crippen molar-refractivity contribution in [3.05, 3.63) is 35.9 Å². The molecule has 1 unspecified atom stereocenters. The molecule has 0 aliphatic rings. The van der Waals surface area contributed by atoms with Crippen LogP contribution in [-0.2, 0) is 27.3 Å². The van der Waals surface area contributed by atoms with Crippen LogP contribution in [0.25, 0.3) is 0 Å². The highest BCUT2D eigenvalue weighted by Crippen LogP contribution is 2.28. The molecule has 5 nitrogen and oxygen atoms in total. The molecule has 21 heavy (non-hydrogen) atoms. The van der Waals surface area contributed by atoms with Crippen molar-refractivity contribution in [2.45, 2.75) is 32.6 Å². The van der Waals surface area contributed by atoms with Crippen molar-refractivity contribution in [2.24, 2.45) is 5.41 Å². The maximum absolute atomic E-state index is 11.5. The summed E-state index contributed by atoms with van der Waals surface area (Å²) in [5, 5.41) is 18.2. The fourth-order valence-electron chi connectivity index (χ4n) is 2.11. The second-order valence-corrected chi connectivity index (χ2v) is 5.71. The Balaban J connectivity index is 2.79. The van der Waals surface area contributed by atoms with Crippen LogP contribution in [0, 0.1) is 5.41 Å². The van der Waals surface area contributed by atoms with Gasteiger partial charge in [-0.25, -0.2) is 4.21 Å². The molecule has 0 aromatic heterocycles. The molecule has 0 spiro atoms. The van der Waals surface area contributed by atoms with Crippen LogP contribution in [0.2, 0.25) is 0 Å². The van der Waals surface area contributed by atoms with Gasteiger partial charge in [-0.05, 0) is 31.7 Å². The van der Waals surface area contributed by atoms with Crippen LogP contribution in [0.4, 0.5) is 0 Å². The average Bonchev–Trinajstić information content (AvgIpc) is 2.45. The summed E-state index contributed by atoms with van der Waals surface area (Å²) >= 11 is -0.0152. The van der Waals surface area contributed by atoms with E-state index in [1.807, 2.05) is 30.3 Å². The van der Waals surface area contributed by atoms with E-state index in [2.05, 4.69) is 0 Å². The van der Waals surface area contributed by atoms with Gasteiger partial charge < -0.3 is 10.2 Å². The Bertz CT molecular complexity index is 563. The Morgan fingerprint density at radius 1 is 1.19 bits per heavy atom. The molecular formula is C15H18O5S. The number of hydrogen-bond donors (Lipinski definition) is 2. The Kier molecular flexibility index (Phi) is 6.30. The van der Waals surface area contributed by atoms with Crippen molar-refractivity contribution in [2.75, 3.05) is 0 Å². The molecule has 0 aliphatic carbocycles. The van der Waals surface area contributed by atoms with Gasteiger partial charge in [0.05, 0.1) is 28.0 Å². The van der Waals surface area contributed by atoms with Gasteiger partial charge >= 0.3 is 11.9 Å². The van der Waals surface area contributed by atoms with Gasteiger partial charge in [-0.1, -0.05) is 30.3 Å². The minimum absolute atomic E-state index is 0.0152. The quantitative estimate of drug-likeness (QED) is 0.716. The maximum atomic E-state index is 11.5. The van der Waals surface area contributed by atoms with E-state index in [0.717, 1.165) is 5.56 Å². The molecule has 0 saturated carbocycles. The Morgan fingerprint density at radius 3 is 2.29 bits per heavy atom. The molecule has 1 aromatic rings. The van der Waals surface area contributed by atoms with Gasteiger partial charge in [0.1, 0.15) is 0 Å². The predicted octanol–water partition coefficient (Wildman–Crippen LogP) is 1.96. The minimum Gasteiger partial charge on any atom is -0.481 e. The molecule has 2 N–H and O–H groups in total. The molecule has 0 radical (unpaired) electrons. The van der Waals surface area contributed by atoms with E-state index in [1.165, 1.54) is 6.92 Å². The largest absolute Gasteiger partial charge is 0.481 e. The summed E-state index contributed by atoms with van der Waals surface area (Å²) in [4.78, 5) is 22.2. The highest BCUT2D eigenvalue weighted by atomic mass is 32.1. The molecule has 1 rings (SSSR count). The fourth-order valence-corrected chi connectivity index (χ4v) is 2.67. The number of carboxylic acids is 2. The first-order chi connectivity index (χ1) is 9.90. The minimum atomic E-state index is -1.42. The molecule has 1 atom stereocenters. The van der Waals surface area contributed by atoms with Gasteiger partial charge in [-0.15, -0.1) is 0 Å². The topological polar surface area (TPSA) is 91.7 Å². The molecule has 0 bridgehead atoms. The van der Waals surface area contributed by atoms with Crippen molar-refractivity contribution in [1.82, 2.24) is 0 Å². The first-order valence-corrected chi connectivity index (χ1v) is 7.29. The third-order valence-corrected chi connectivity index (χ3v) is 4.28. The van der Waals surface area contributed by atoms with Crippen molar-refractivity contribution in [3.63, 3.8) is 0 Å². The van der Waals surface area contributed by atoms with Crippen LogP contribution in [-0.4, -0.2) is 31.2 Å². The molecule has 0 amide bonds. The summed E-state index contributed by atoms with van der Waals surface area (Å²) in [6.07, 6.45) is 0.960. The molecule has 1 aromatic carbocycles. The number of carboxylic acid groups (broad SMARTS) is 2. The third kappa shape index (κ3) is 4.82. The number of aryl methyl sites for hydroxylation is 1. The summed E-state index contributed by atoms with van der Waals surface area (Å²) in [7, 11) is 0. The number of aliphatic carboxylic acids is 2. The summed E-state index contributed by atoms with van der Waals surface area (Å²) in [5.74, 6) is -2.35. The number of carbonyl (C=O) groups is 2. The third-order valence-electron chi connectivity index (χ3n) is 3.48. The maximum Gasteiger partial charge on any atom is 0.314 e. The normalized spacial score (nSPS) is 13.2. The lowest BCUT2D eigenvalue weighted by Gasteiger charge is -2.24. The molecule has 114 valence electrons. The van der Waals surface area contributed by atoms with E-state index in [1.54, 1.807) is 0 Å². The second-order valence-electron chi connectivity index (χ2n) is 5.05. The zero-order valence-electron chi connectivity index (χ0n) is 11.7.